The van der Waals surface area contributed by atoms with Crippen LogP contribution in [0.15, 0.2) is 18.2 Å². The molecule has 0 aliphatic heterocycles. The van der Waals surface area contributed by atoms with Gasteiger partial charge in [-0.3, -0.25) is 0 Å². The zero-order valence-corrected chi connectivity index (χ0v) is 11.1. The highest BCUT2D eigenvalue weighted by Gasteiger charge is 2.19. The summed E-state index contributed by atoms with van der Waals surface area (Å²) in [7, 11) is 1.62. The SMILES string of the molecule is [CH2]c1ccc(OC)c(-c2nnn(C(C)(C)C)n2)c1. The van der Waals surface area contributed by atoms with Gasteiger partial charge in [0.05, 0.1) is 18.2 Å². The summed E-state index contributed by atoms with van der Waals surface area (Å²) in [5.41, 5.74) is 1.50. The molecule has 1 aromatic carbocycles. The maximum Gasteiger partial charge on any atom is 0.208 e. The summed E-state index contributed by atoms with van der Waals surface area (Å²) in [5, 5.41) is 12.5. The molecule has 95 valence electrons. The van der Waals surface area contributed by atoms with Gasteiger partial charge in [0.25, 0.3) is 0 Å². The zero-order valence-electron chi connectivity index (χ0n) is 11.1. The Hall–Kier alpha value is -1.91. The molecule has 0 N–H and O–H groups in total. The fourth-order valence-electron chi connectivity index (χ4n) is 1.54. The highest BCUT2D eigenvalue weighted by Crippen LogP contribution is 2.28. The first kappa shape index (κ1) is 12.5. The number of aromatic nitrogens is 4. The molecule has 5 nitrogen and oxygen atoms in total. The van der Waals surface area contributed by atoms with Crippen molar-refractivity contribution in [3.63, 3.8) is 0 Å². The number of nitrogens with zero attached hydrogens (tertiary/aromatic N) is 4. The third kappa shape index (κ3) is 2.34. The van der Waals surface area contributed by atoms with E-state index >= 15 is 0 Å². The molecule has 2 rings (SSSR count). The smallest absolute Gasteiger partial charge is 0.208 e. The van der Waals surface area contributed by atoms with Gasteiger partial charge in [-0.2, -0.15) is 4.80 Å². The van der Waals surface area contributed by atoms with Gasteiger partial charge in [0, 0.05) is 0 Å². The summed E-state index contributed by atoms with van der Waals surface area (Å²) in [4.78, 5) is 1.59. The summed E-state index contributed by atoms with van der Waals surface area (Å²) >= 11 is 0. The monoisotopic (exact) mass is 245 g/mol. The molecule has 0 saturated heterocycles. The lowest BCUT2D eigenvalue weighted by Crippen LogP contribution is -2.24. The van der Waals surface area contributed by atoms with Gasteiger partial charge in [0.1, 0.15) is 5.75 Å². The Kier molecular flexibility index (Phi) is 3.07. The van der Waals surface area contributed by atoms with Gasteiger partial charge in [-0.15, -0.1) is 10.2 Å². The molecule has 0 unspecified atom stereocenters. The van der Waals surface area contributed by atoms with Crippen LogP contribution in [-0.2, 0) is 5.54 Å². The Morgan fingerprint density at radius 2 is 2.00 bits per heavy atom. The first-order valence-electron chi connectivity index (χ1n) is 5.72. The lowest BCUT2D eigenvalue weighted by molar-refractivity contribution is 0.306. The van der Waals surface area contributed by atoms with Gasteiger partial charge in [-0.1, -0.05) is 6.07 Å². The minimum absolute atomic E-state index is 0.194. The molecule has 0 aliphatic carbocycles. The van der Waals surface area contributed by atoms with Crippen LogP contribution in [0.3, 0.4) is 0 Å². The average Bonchev–Trinajstić information content (AvgIpc) is 2.77. The van der Waals surface area contributed by atoms with E-state index in [9.17, 15) is 0 Å². The van der Waals surface area contributed by atoms with E-state index in [1.807, 2.05) is 39.0 Å². The number of hydrogen-bond acceptors (Lipinski definition) is 4. The molecule has 2 aromatic rings. The maximum absolute atomic E-state index is 5.30. The summed E-state index contributed by atoms with van der Waals surface area (Å²) in [5.74, 6) is 1.27. The van der Waals surface area contributed by atoms with Crippen LogP contribution in [0, 0.1) is 6.92 Å². The van der Waals surface area contributed by atoms with Crippen LogP contribution in [0.2, 0.25) is 0 Å². The first-order valence-corrected chi connectivity index (χ1v) is 5.72. The van der Waals surface area contributed by atoms with E-state index in [-0.39, 0.29) is 5.54 Å². The third-order valence-corrected chi connectivity index (χ3v) is 2.52. The highest BCUT2D eigenvalue weighted by atomic mass is 16.5. The van der Waals surface area contributed by atoms with Gasteiger partial charge in [-0.05, 0) is 50.6 Å². The Bertz CT molecular complexity index is 554. The number of rotatable bonds is 2. The van der Waals surface area contributed by atoms with Crippen molar-refractivity contribution in [3.05, 3.63) is 30.7 Å². The largest absolute Gasteiger partial charge is 0.496 e. The van der Waals surface area contributed by atoms with Crippen LogP contribution in [0.5, 0.6) is 5.75 Å². The van der Waals surface area contributed by atoms with Crippen molar-refractivity contribution in [2.75, 3.05) is 7.11 Å². The van der Waals surface area contributed by atoms with Crippen molar-refractivity contribution in [3.8, 4) is 17.1 Å². The van der Waals surface area contributed by atoms with Crippen molar-refractivity contribution in [2.24, 2.45) is 0 Å². The van der Waals surface area contributed by atoms with Gasteiger partial charge in [0.2, 0.25) is 5.82 Å². The fourth-order valence-corrected chi connectivity index (χ4v) is 1.54. The molecular weight excluding hydrogens is 228 g/mol. The summed E-state index contributed by atoms with van der Waals surface area (Å²) < 4.78 is 5.30. The summed E-state index contributed by atoms with van der Waals surface area (Å²) in [6, 6.07) is 5.63. The molecule has 0 saturated carbocycles. The molecule has 0 atom stereocenters. The van der Waals surface area contributed by atoms with E-state index in [4.69, 9.17) is 4.74 Å². The number of ether oxygens (including phenoxy) is 1. The molecule has 1 aromatic heterocycles. The van der Waals surface area contributed by atoms with Gasteiger partial charge >= 0.3 is 0 Å². The molecule has 18 heavy (non-hydrogen) atoms. The van der Waals surface area contributed by atoms with Gasteiger partial charge in [0.15, 0.2) is 0 Å². The molecule has 1 radical (unpaired) electrons. The van der Waals surface area contributed by atoms with Crippen molar-refractivity contribution < 1.29 is 4.74 Å². The molecule has 0 bridgehead atoms. The Balaban J connectivity index is 2.49. The van der Waals surface area contributed by atoms with Crippen LogP contribution >= 0.6 is 0 Å². The lowest BCUT2D eigenvalue weighted by atomic mass is 10.1. The van der Waals surface area contributed by atoms with E-state index in [0.29, 0.717) is 5.82 Å². The minimum Gasteiger partial charge on any atom is -0.496 e. The van der Waals surface area contributed by atoms with Crippen molar-refractivity contribution in [2.45, 2.75) is 26.3 Å². The van der Waals surface area contributed by atoms with E-state index in [2.05, 4.69) is 22.3 Å². The topological polar surface area (TPSA) is 52.8 Å². The number of hydrogen-bond donors (Lipinski definition) is 0. The molecule has 0 amide bonds. The van der Waals surface area contributed by atoms with Crippen LogP contribution in [-0.4, -0.2) is 27.3 Å². The van der Waals surface area contributed by atoms with E-state index in [0.717, 1.165) is 16.9 Å². The van der Waals surface area contributed by atoms with Crippen molar-refractivity contribution in [1.82, 2.24) is 20.2 Å². The zero-order chi connectivity index (χ0) is 13.3. The van der Waals surface area contributed by atoms with Crippen molar-refractivity contribution in [1.29, 1.82) is 0 Å². The van der Waals surface area contributed by atoms with Crippen LogP contribution in [0.4, 0.5) is 0 Å². The van der Waals surface area contributed by atoms with Gasteiger partial charge in [-0.25, -0.2) is 0 Å². The first-order chi connectivity index (χ1) is 8.41. The second kappa shape index (κ2) is 4.40. The average molecular weight is 245 g/mol. The predicted molar refractivity (Wildman–Crippen MR) is 69.3 cm³/mol. The van der Waals surface area contributed by atoms with Crippen molar-refractivity contribution >= 4 is 0 Å². The second-order valence-corrected chi connectivity index (χ2v) is 5.11. The predicted octanol–water partition coefficient (Wildman–Crippen LogP) is 2.29. The molecule has 5 heteroatoms. The number of tetrazole rings is 1. The highest BCUT2D eigenvalue weighted by molar-refractivity contribution is 5.64. The Morgan fingerprint density at radius 1 is 1.28 bits per heavy atom. The fraction of sp³-hybridized carbons (Fsp3) is 0.385. The summed E-state index contributed by atoms with van der Waals surface area (Å²) in [6.07, 6.45) is 0. The normalized spacial score (nSPS) is 11.6. The van der Waals surface area contributed by atoms with Gasteiger partial charge < -0.3 is 4.74 Å². The minimum atomic E-state index is -0.194. The van der Waals surface area contributed by atoms with E-state index < -0.39 is 0 Å². The van der Waals surface area contributed by atoms with E-state index in [1.165, 1.54) is 0 Å². The molecule has 0 spiro atoms. The quantitative estimate of drug-likeness (QED) is 0.814. The standard InChI is InChI=1S/C13H17N4O/c1-9-6-7-11(18-5)10(8-9)12-14-16-17(15-12)13(2,3)4/h6-8H,1H2,2-5H3. The number of methoxy groups -OCH3 is 1. The third-order valence-electron chi connectivity index (χ3n) is 2.52. The molecule has 0 fully saturated rings. The maximum atomic E-state index is 5.30. The molecule has 1 heterocycles. The number of benzene rings is 1. The Labute approximate surface area is 107 Å². The van der Waals surface area contributed by atoms with Crippen LogP contribution in [0.1, 0.15) is 26.3 Å². The van der Waals surface area contributed by atoms with Crippen LogP contribution in [0.25, 0.3) is 11.4 Å². The molecule has 0 aliphatic rings. The lowest BCUT2D eigenvalue weighted by Gasteiger charge is -2.15. The summed E-state index contributed by atoms with van der Waals surface area (Å²) in [6.45, 7) is 9.96. The van der Waals surface area contributed by atoms with E-state index in [1.54, 1.807) is 11.9 Å². The van der Waals surface area contributed by atoms with Crippen LogP contribution < -0.4 is 4.74 Å². The molecular formula is C13H17N4O. The second-order valence-electron chi connectivity index (χ2n) is 5.11. The Morgan fingerprint density at radius 3 is 2.56 bits per heavy atom.